The quantitative estimate of drug-likeness (QED) is 0.714. The molecular formula is C18H17FN2O3S. The monoisotopic (exact) mass is 360 g/mol. The highest BCUT2D eigenvalue weighted by atomic mass is 32.1. The normalized spacial score (nSPS) is 11.8. The Bertz CT molecular complexity index is 985. The Morgan fingerprint density at radius 1 is 1.20 bits per heavy atom. The maximum atomic E-state index is 14.1. The summed E-state index contributed by atoms with van der Waals surface area (Å²) >= 11 is 1.28. The van der Waals surface area contributed by atoms with Crippen LogP contribution in [0.15, 0.2) is 41.4 Å². The molecule has 5 nitrogen and oxygen atoms in total. The number of nitrogens with zero attached hydrogens (tertiary/aromatic N) is 2. The number of rotatable bonds is 4. The van der Waals surface area contributed by atoms with E-state index in [2.05, 4.69) is 4.99 Å². The highest BCUT2D eigenvalue weighted by Crippen LogP contribution is 2.23. The lowest BCUT2D eigenvalue weighted by Crippen LogP contribution is -2.16. The zero-order valence-corrected chi connectivity index (χ0v) is 14.9. The molecule has 25 heavy (non-hydrogen) atoms. The molecular weight excluding hydrogens is 343 g/mol. The van der Waals surface area contributed by atoms with E-state index in [1.165, 1.54) is 31.6 Å². The minimum absolute atomic E-state index is 0.326. The number of thiazole rings is 1. The molecule has 0 atom stereocenters. The number of para-hydroxylation sites is 1. The number of hydrogen-bond donors (Lipinski definition) is 0. The number of aromatic nitrogens is 1. The molecule has 7 heteroatoms. The van der Waals surface area contributed by atoms with E-state index < -0.39 is 5.91 Å². The molecule has 0 N–H and O–H groups in total. The summed E-state index contributed by atoms with van der Waals surface area (Å²) in [7, 11) is 3.03. The van der Waals surface area contributed by atoms with Gasteiger partial charge in [-0.3, -0.25) is 4.79 Å². The summed E-state index contributed by atoms with van der Waals surface area (Å²) in [5.41, 5.74) is 0.807. The van der Waals surface area contributed by atoms with E-state index in [1.54, 1.807) is 28.8 Å². The zero-order valence-electron chi connectivity index (χ0n) is 14.1. The van der Waals surface area contributed by atoms with Crippen LogP contribution < -0.4 is 14.3 Å². The number of halogens is 1. The molecule has 0 saturated carbocycles. The number of fused-ring (bicyclic) bond motifs is 1. The van der Waals surface area contributed by atoms with Crippen LogP contribution in [0, 0.1) is 5.82 Å². The number of hydrogen-bond acceptors (Lipinski definition) is 4. The molecule has 1 aromatic heterocycles. The predicted molar refractivity (Wildman–Crippen MR) is 94.9 cm³/mol. The molecule has 0 aliphatic heterocycles. The standard InChI is InChI=1S/C18H17FN2O3S/c1-4-21-16-14(19)6-5-7-15(16)25-18(21)20-17(22)11-8-12(23-2)10-13(9-11)24-3/h5-10H,4H2,1-3H3. The van der Waals surface area contributed by atoms with Crippen molar-refractivity contribution in [3.05, 3.63) is 52.6 Å². The summed E-state index contributed by atoms with van der Waals surface area (Å²) in [5, 5.41) is 0. The number of aryl methyl sites for hydroxylation is 1. The molecule has 3 rings (SSSR count). The molecule has 3 aromatic rings. The fourth-order valence-corrected chi connectivity index (χ4v) is 3.65. The summed E-state index contributed by atoms with van der Waals surface area (Å²) in [5.74, 6) is 0.242. The van der Waals surface area contributed by atoms with Crippen molar-refractivity contribution in [2.75, 3.05) is 14.2 Å². The fraction of sp³-hybridized carbons (Fsp3) is 0.222. The Morgan fingerprint density at radius 2 is 1.88 bits per heavy atom. The van der Waals surface area contributed by atoms with E-state index in [9.17, 15) is 9.18 Å². The van der Waals surface area contributed by atoms with Gasteiger partial charge in [0.2, 0.25) is 0 Å². The molecule has 1 heterocycles. The Kier molecular flexibility index (Phi) is 4.85. The summed E-state index contributed by atoms with van der Waals surface area (Å²) in [6.07, 6.45) is 0. The van der Waals surface area contributed by atoms with Crippen LogP contribution in [0.5, 0.6) is 11.5 Å². The van der Waals surface area contributed by atoms with Crippen molar-refractivity contribution in [2.24, 2.45) is 4.99 Å². The van der Waals surface area contributed by atoms with Crippen molar-refractivity contribution in [2.45, 2.75) is 13.5 Å². The average molecular weight is 360 g/mol. The van der Waals surface area contributed by atoms with Crippen LogP contribution in [0.3, 0.4) is 0 Å². The van der Waals surface area contributed by atoms with E-state index in [-0.39, 0.29) is 5.82 Å². The first-order chi connectivity index (χ1) is 12.1. The second kappa shape index (κ2) is 7.06. The largest absolute Gasteiger partial charge is 0.497 e. The van der Waals surface area contributed by atoms with E-state index in [0.717, 1.165) is 4.70 Å². The smallest absolute Gasteiger partial charge is 0.279 e. The highest BCUT2D eigenvalue weighted by Gasteiger charge is 2.13. The maximum absolute atomic E-state index is 14.1. The molecule has 0 saturated heterocycles. The lowest BCUT2D eigenvalue weighted by molar-refractivity contribution is 0.0997. The van der Waals surface area contributed by atoms with Gasteiger partial charge in [0.05, 0.1) is 24.4 Å². The second-order valence-corrected chi connectivity index (χ2v) is 6.24. The van der Waals surface area contributed by atoms with Crippen molar-refractivity contribution in [1.82, 2.24) is 4.57 Å². The second-order valence-electron chi connectivity index (χ2n) is 5.23. The first-order valence-corrected chi connectivity index (χ1v) is 8.49. The number of ether oxygens (including phenoxy) is 2. The Hall–Kier alpha value is -2.67. The maximum Gasteiger partial charge on any atom is 0.279 e. The molecule has 130 valence electrons. The molecule has 0 fully saturated rings. The highest BCUT2D eigenvalue weighted by molar-refractivity contribution is 7.16. The SMILES string of the molecule is CCn1c(=NC(=O)c2cc(OC)cc(OC)c2)sc2cccc(F)c21. The first-order valence-electron chi connectivity index (χ1n) is 7.67. The van der Waals surface area contributed by atoms with Crippen LogP contribution in [0.1, 0.15) is 17.3 Å². The Balaban J connectivity index is 2.14. The van der Waals surface area contributed by atoms with E-state index in [0.29, 0.717) is 33.9 Å². The van der Waals surface area contributed by atoms with E-state index >= 15 is 0 Å². The summed E-state index contributed by atoms with van der Waals surface area (Å²) < 4.78 is 26.9. The number of carbonyl (C=O) groups excluding carboxylic acids is 1. The lowest BCUT2D eigenvalue weighted by Gasteiger charge is -2.06. The summed E-state index contributed by atoms with van der Waals surface area (Å²) in [6.45, 7) is 2.39. The minimum atomic E-state index is -0.439. The molecule has 0 radical (unpaired) electrons. The lowest BCUT2D eigenvalue weighted by atomic mass is 10.2. The van der Waals surface area contributed by atoms with Crippen molar-refractivity contribution in [3.8, 4) is 11.5 Å². The van der Waals surface area contributed by atoms with Crippen molar-refractivity contribution < 1.29 is 18.7 Å². The van der Waals surface area contributed by atoms with Crippen molar-refractivity contribution in [3.63, 3.8) is 0 Å². The van der Waals surface area contributed by atoms with Crippen LogP contribution in [0.2, 0.25) is 0 Å². The van der Waals surface area contributed by atoms with Crippen LogP contribution in [-0.4, -0.2) is 24.7 Å². The van der Waals surface area contributed by atoms with Gasteiger partial charge in [0, 0.05) is 18.2 Å². The molecule has 0 bridgehead atoms. The Labute approximate surface area is 148 Å². The van der Waals surface area contributed by atoms with Crippen LogP contribution >= 0.6 is 11.3 Å². The van der Waals surface area contributed by atoms with Crippen LogP contribution in [0.25, 0.3) is 10.2 Å². The van der Waals surface area contributed by atoms with Gasteiger partial charge in [-0.05, 0) is 31.2 Å². The van der Waals surface area contributed by atoms with Gasteiger partial charge in [-0.25, -0.2) is 4.39 Å². The third-order valence-corrected chi connectivity index (χ3v) is 4.81. The third kappa shape index (κ3) is 3.28. The van der Waals surface area contributed by atoms with Crippen molar-refractivity contribution in [1.29, 1.82) is 0 Å². The molecule has 0 unspecified atom stereocenters. The number of methoxy groups -OCH3 is 2. The fourth-order valence-electron chi connectivity index (χ4n) is 2.55. The van der Waals surface area contributed by atoms with Crippen molar-refractivity contribution >= 4 is 27.5 Å². The van der Waals surface area contributed by atoms with Crippen LogP contribution in [0.4, 0.5) is 4.39 Å². The molecule has 1 amide bonds. The molecule has 0 spiro atoms. The number of benzene rings is 2. The molecule has 2 aromatic carbocycles. The summed E-state index contributed by atoms with van der Waals surface area (Å²) in [4.78, 5) is 17.2. The topological polar surface area (TPSA) is 52.8 Å². The summed E-state index contributed by atoms with van der Waals surface area (Å²) in [6, 6.07) is 9.73. The van der Waals surface area contributed by atoms with Crippen LogP contribution in [-0.2, 0) is 6.54 Å². The van der Waals surface area contributed by atoms with Gasteiger partial charge in [-0.15, -0.1) is 0 Å². The van der Waals surface area contributed by atoms with Gasteiger partial charge in [-0.2, -0.15) is 4.99 Å². The average Bonchev–Trinajstić information content (AvgIpc) is 2.99. The first kappa shape index (κ1) is 17.2. The van der Waals surface area contributed by atoms with Gasteiger partial charge in [0.25, 0.3) is 5.91 Å². The van der Waals surface area contributed by atoms with E-state index in [4.69, 9.17) is 9.47 Å². The third-order valence-electron chi connectivity index (χ3n) is 3.76. The number of carbonyl (C=O) groups is 1. The minimum Gasteiger partial charge on any atom is -0.497 e. The number of amides is 1. The Morgan fingerprint density at radius 3 is 2.48 bits per heavy atom. The van der Waals surface area contributed by atoms with Gasteiger partial charge in [-0.1, -0.05) is 17.4 Å². The van der Waals surface area contributed by atoms with Gasteiger partial charge < -0.3 is 14.0 Å². The molecule has 0 aliphatic carbocycles. The van der Waals surface area contributed by atoms with Gasteiger partial charge in [0.1, 0.15) is 17.3 Å². The van der Waals surface area contributed by atoms with Gasteiger partial charge >= 0.3 is 0 Å². The predicted octanol–water partition coefficient (Wildman–Crippen LogP) is 3.62. The molecule has 0 aliphatic rings. The van der Waals surface area contributed by atoms with E-state index in [1.807, 2.05) is 13.0 Å². The van der Waals surface area contributed by atoms with Gasteiger partial charge in [0.15, 0.2) is 4.80 Å². The zero-order chi connectivity index (χ0) is 18.0.